The van der Waals surface area contributed by atoms with E-state index < -0.39 is 0 Å². The third kappa shape index (κ3) is 3.45. The summed E-state index contributed by atoms with van der Waals surface area (Å²) in [5.74, 6) is 0.686. The zero-order chi connectivity index (χ0) is 12.1. The van der Waals surface area contributed by atoms with Crippen LogP contribution in [0, 0.1) is 17.2 Å². The van der Waals surface area contributed by atoms with E-state index in [9.17, 15) is 0 Å². The van der Waals surface area contributed by atoms with E-state index in [1.54, 1.807) is 0 Å². The summed E-state index contributed by atoms with van der Waals surface area (Å²) in [6, 6.07) is 7.74. The lowest BCUT2D eigenvalue weighted by molar-refractivity contribution is 0.0699. The van der Waals surface area contributed by atoms with Gasteiger partial charge < -0.3 is 10.1 Å². The summed E-state index contributed by atoms with van der Waals surface area (Å²) in [5.41, 5.74) is 1.73. The molecule has 0 unspecified atom stereocenters. The Hall–Kier alpha value is -1.05. The Balaban J connectivity index is 1.92. The molecule has 3 nitrogen and oxygen atoms in total. The number of nitrogens with one attached hydrogen (secondary N) is 1. The van der Waals surface area contributed by atoms with E-state index in [1.807, 2.05) is 18.2 Å². The molecule has 1 heterocycles. The quantitative estimate of drug-likeness (QED) is 0.931. The summed E-state index contributed by atoms with van der Waals surface area (Å²) < 4.78 is 6.28. The highest BCUT2D eigenvalue weighted by atomic mass is 79.9. The molecule has 0 bridgehead atoms. The molecule has 90 valence electrons. The Kier molecular flexibility index (Phi) is 4.41. The van der Waals surface area contributed by atoms with Gasteiger partial charge in [-0.2, -0.15) is 5.26 Å². The van der Waals surface area contributed by atoms with Gasteiger partial charge in [0.1, 0.15) is 0 Å². The van der Waals surface area contributed by atoms with Gasteiger partial charge in [0.05, 0.1) is 11.6 Å². The topological polar surface area (TPSA) is 45.0 Å². The molecule has 17 heavy (non-hydrogen) atoms. The first-order chi connectivity index (χ1) is 8.29. The van der Waals surface area contributed by atoms with Crippen molar-refractivity contribution in [3.8, 4) is 6.07 Å². The highest BCUT2D eigenvalue weighted by Crippen LogP contribution is 2.24. The third-order valence-electron chi connectivity index (χ3n) is 3.02. The summed E-state index contributed by atoms with van der Waals surface area (Å²) in [7, 11) is 0. The maximum Gasteiger partial charge on any atom is 0.0992 e. The van der Waals surface area contributed by atoms with Gasteiger partial charge in [0.2, 0.25) is 0 Å². The number of hydrogen-bond donors (Lipinski definition) is 1. The number of nitrogens with zero attached hydrogens (tertiary/aromatic N) is 1. The van der Waals surface area contributed by atoms with E-state index in [0.29, 0.717) is 11.5 Å². The van der Waals surface area contributed by atoms with E-state index in [0.717, 1.165) is 42.8 Å². The van der Waals surface area contributed by atoms with Crippen molar-refractivity contribution in [1.29, 1.82) is 5.26 Å². The average molecular weight is 295 g/mol. The Labute approximate surface area is 110 Å². The molecule has 1 aliphatic rings. The van der Waals surface area contributed by atoms with Gasteiger partial charge in [-0.1, -0.05) is 0 Å². The van der Waals surface area contributed by atoms with Crippen molar-refractivity contribution in [1.82, 2.24) is 0 Å². The van der Waals surface area contributed by atoms with Gasteiger partial charge in [-0.3, -0.25) is 0 Å². The second kappa shape index (κ2) is 6.04. The van der Waals surface area contributed by atoms with Crippen LogP contribution < -0.4 is 5.32 Å². The van der Waals surface area contributed by atoms with Gasteiger partial charge in [0.15, 0.2) is 0 Å². The fourth-order valence-electron chi connectivity index (χ4n) is 1.93. The molecule has 1 aromatic carbocycles. The molecule has 0 aromatic heterocycles. The lowest BCUT2D eigenvalue weighted by atomic mass is 10.0. The first kappa shape index (κ1) is 12.4. The molecule has 0 radical (unpaired) electrons. The highest BCUT2D eigenvalue weighted by Gasteiger charge is 2.13. The molecule has 0 aliphatic carbocycles. The van der Waals surface area contributed by atoms with Crippen LogP contribution in [-0.4, -0.2) is 19.8 Å². The summed E-state index contributed by atoms with van der Waals surface area (Å²) in [4.78, 5) is 0. The molecule has 1 fully saturated rings. The molecule has 1 aromatic rings. The van der Waals surface area contributed by atoms with Crippen molar-refractivity contribution in [2.45, 2.75) is 12.8 Å². The van der Waals surface area contributed by atoms with Crippen LogP contribution in [-0.2, 0) is 4.74 Å². The van der Waals surface area contributed by atoms with Crippen molar-refractivity contribution >= 4 is 21.6 Å². The fraction of sp³-hybridized carbons (Fsp3) is 0.462. The molecule has 2 rings (SSSR count). The molecule has 0 amide bonds. The standard InChI is InChI=1S/C13H15BrN2O/c14-12-7-11(8-15)1-2-13(12)16-9-10-3-5-17-6-4-10/h1-2,7,10,16H,3-6,9H2. The Morgan fingerprint density at radius 3 is 2.82 bits per heavy atom. The Morgan fingerprint density at radius 1 is 1.41 bits per heavy atom. The number of rotatable bonds is 3. The van der Waals surface area contributed by atoms with E-state index >= 15 is 0 Å². The van der Waals surface area contributed by atoms with Gasteiger partial charge in [0, 0.05) is 29.9 Å². The maximum absolute atomic E-state index is 8.78. The number of ether oxygens (including phenoxy) is 1. The van der Waals surface area contributed by atoms with Crippen molar-refractivity contribution in [2.24, 2.45) is 5.92 Å². The average Bonchev–Trinajstić information content (AvgIpc) is 2.38. The predicted molar refractivity (Wildman–Crippen MR) is 70.9 cm³/mol. The van der Waals surface area contributed by atoms with Crippen LogP contribution in [0.3, 0.4) is 0 Å². The van der Waals surface area contributed by atoms with Crippen molar-refractivity contribution in [3.05, 3.63) is 28.2 Å². The van der Waals surface area contributed by atoms with Crippen LogP contribution in [0.1, 0.15) is 18.4 Å². The second-order valence-electron chi connectivity index (χ2n) is 4.24. The summed E-state index contributed by atoms with van der Waals surface area (Å²) in [6.07, 6.45) is 2.25. The zero-order valence-electron chi connectivity index (χ0n) is 9.58. The largest absolute Gasteiger partial charge is 0.384 e. The molecular weight excluding hydrogens is 280 g/mol. The number of benzene rings is 1. The highest BCUT2D eigenvalue weighted by molar-refractivity contribution is 9.10. The number of nitriles is 1. The molecule has 0 spiro atoms. The predicted octanol–water partition coefficient (Wildman–Crippen LogP) is 3.16. The van der Waals surface area contributed by atoms with Gasteiger partial charge in [-0.25, -0.2) is 0 Å². The van der Waals surface area contributed by atoms with Crippen LogP contribution in [0.15, 0.2) is 22.7 Å². The zero-order valence-corrected chi connectivity index (χ0v) is 11.2. The summed E-state index contributed by atoms with van der Waals surface area (Å²) in [6.45, 7) is 2.72. The summed E-state index contributed by atoms with van der Waals surface area (Å²) in [5, 5.41) is 12.2. The number of hydrogen-bond acceptors (Lipinski definition) is 3. The first-order valence-corrected chi connectivity index (χ1v) is 6.60. The molecule has 0 saturated carbocycles. The Bertz CT molecular complexity index is 422. The smallest absolute Gasteiger partial charge is 0.0992 e. The third-order valence-corrected chi connectivity index (χ3v) is 3.68. The van der Waals surface area contributed by atoms with E-state index in [2.05, 4.69) is 27.3 Å². The number of halogens is 1. The second-order valence-corrected chi connectivity index (χ2v) is 5.10. The van der Waals surface area contributed by atoms with Crippen LogP contribution in [0.5, 0.6) is 0 Å². The van der Waals surface area contributed by atoms with Crippen LogP contribution >= 0.6 is 15.9 Å². The lowest BCUT2D eigenvalue weighted by Gasteiger charge is -2.23. The Morgan fingerprint density at radius 2 is 2.18 bits per heavy atom. The van der Waals surface area contributed by atoms with Gasteiger partial charge >= 0.3 is 0 Å². The fourth-order valence-corrected chi connectivity index (χ4v) is 2.45. The molecule has 1 saturated heterocycles. The van der Waals surface area contributed by atoms with Crippen LogP contribution in [0.25, 0.3) is 0 Å². The van der Waals surface area contributed by atoms with E-state index in [1.165, 1.54) is 0 Å². The van der Waals surface area contributed by atoms with Crippen molar-refractivity contribution in [3.63, 3.8) is 0 Å². The van der Waals surface area contributed by atoms with Gasteiger partial charge in [-0.15, -0.1) is 0 Å². The van der Waals surface area contributed by atoms with E-state index in [4.69, 9.17) is 10.00 Å². The minimum Gasteiger partial charge on any atom is -0.384 e. The summed E-state index contributed by atoms with van der Waals surface area (Å²) >= 11 is 3.47. The normalized spacial score (nSPS) is 16.5. The van der Waals surface area contributed by atoms with Crippen LogP contribution in [0.2, 0.25) is 0 Å². The molecular formula is C13H15BrN2O. The molecule has 1 N–H and O–H groups in total. The number of anilines is 1. The molecule has 0 atom stereocenters. The van der Waals surface area contributed by atoms with Crippen molar-refractivity contribution in [2.75, 3.05) is 25.1 Å². The minimum absolute atomic E-state index is 0.675. The van der Waals surface area contributed by atoms with Crippen molar-refractivity contribution < 1.29 is 4.74 Å². The van der Waals surface area contributed by atoms with Crippen LogP contribution in [0.4, 0.5) is 5.69 Å². The van der Waals surface area contributed by atoms with Gasteiger partial charge in [0.25, 0.3) is 0 Å². The minimum atomic E-state index is 0.675. The monoisotopic (exact) mass is 294 g/mol. The SMILES string of the molecule is N#Cc1ccc(NCC2CCOCC2)c(Br)c1. The van der Waals surface area contributed by atoms with Gasteiger partial charge in [-0.05, 0) is 52.9 Å². The maximum atomic E-state index is 8.78. The van der Waals surface area contributed by atoms with E-state index in [-0.39, 0.29) is 0 Å². The lowest BCUT2D eigenvalue weighted by Crippen LogP contribution is -2.22. The molecule has 1 aliphatic heterocycles. The molecule has 4 heteroatoms. The first-order valence-electron chi connectivity index (χ1n) is 5.81.